The van der Waals surface area contributed by atoms with Crippen molar-refractivity contribution in [3.8, 4) is 6.07 Å². The molecule has 1 aliphatic carbocycles. The molecule has 1 saturated carbocycles. The third kappa shape index (κ3) is 4.09. The molecule has 1 aromatic carbocycles. The molecule has 0 atom stereocenters. The third-order valence-electron chi connectivity index (χ3n) is 3.98. The lowest BCUT2D eigenvalue weighted by Gasteiger charge is -2.24. The molecule has 1 aromatic rings. The zero-order chi connectivity index (χ0) is 15.2. The summed E-state index contributed by atoms with van der Waals surface area (Å²) in [5, 5.41) is 18.0. The van der Waals surface area contributed by atoms with Crippen LogP contribution in [0.2, 0.25) is 0 Å². The Morgan fingerprint density at radius 2 is 2.19 bits per heavy atom. The minimum absolute atomic E-state index is 0.586. The molecule has 0 unspecified atom stereocenters. The van der Waals surface area contributed by atoms with Crippen LogP contribution < -0.4 is 4.90 Å². The van der Waals surface area contributed by atoms with E-state index in [0.29, 0.717) is 11.5 Å². The lowest BCUT2D eigenvalue weighted by atomic mass is 10.0. The quantitative estimate of drug-likeness (QED) is 0.843. The molecule has 2 rings (SSSR count). The van der Waals surface area contributed by atoms with Crippen molar-refractivity contribution in [1.29, 1.82) is 5.26 Å². The highest BCUT2D eigenvalue weighted by atomic mass is 16.4. The van der Waals surface area contributed by atoms with Gasteiger partial charge in [-0.25, -0.2) is 4.79 Å². The van der Waals surface area contributed by atoms with Gasteiger partial charge in [-0.1, -0.05) is 18.9 Å². The second-order valence-electron chi connectivity index (χ2n) is 5.59. The Kier molecular flexibility index (Phi) is 4.99. The molecule has 21 heavy (non-hydrogen) atoms. The van der Waals surface area contributed by atoms with Crippen LogP contribution in [0.25, 0.3) is 6.08 Å². The zero-order valence-electron chi connectivity index (χ0n) is 12.2. The smallest absolute Gasteiger partial charge is 0.328 e. The average molecular weight is 284 g/mol. The molecule has 4 heteroatoms. The molecule has 1 N–H and O–H groups in total. The van der Waals surface area contributed by atoms with Crippen molar-refractivity contribution in [2.45, 2.75) is 25.7 Å². The van der Waals surface area contributed by atoms with Crippen molar-refractivity contribution in [1.82, 2.24) is 0 Å². The molecule has 0 bridgehead atoms. The van der Waals surface area contributed by atoms with Gasteiger partial charge in [0.25, 0.3) is 0 Å². The largest absolute Gasteiger partial charge is 0.478 e. The number of carbonyl (C=O) groups is 1. The van der Waals surface area contributed by atoms with Gasteiger partial charge in [-0.3, -0.25) is 0 Å². The summed E-state index contributed by atoms with van der Waals surface area (Å²) in [6.07, 6.45) is 7.74. The predicted molar refractivity (Wildman–Crippen MR) is 83.1 cm³/mol. The van der Waals surface area contributed by atoms with Crippen molar-refractivity contribution in [2.24, 2.45) is 5.92 Å². The Balaban J connectivity index is 2.15. The fourth-order valence-corrected chi connectivity index (χ4v) is 2.93. The molecule has 0 saturated heterocycles. The number of carboxylic acid groups (broad SMARTS) is 1. The van der Waals surface area contributed by atoms with Crippen molar-refractivity contribution in [3.05, 3.63) is 35.4 Å². The standard InChI is InChI=1S/C17H20N2O2/c1-19(12-14-4-2-3-5-14)16-8-6-13(7-9-17(20)21)10-15(16)11-18/h6-10,14H,2-5,12H2,1H3,(H,20,21)/b9-7+. The van der Waals surface area contributed by atoms with E-state index < -0.39 is 5.97 Å². The maximum absolute atomic E-state index is 10.5. The molecule has 0 aromatic heterocycles. The van der Waals surface area contributed by atoms with Crippen molar-refractivity contribution in [2.75, 3.05) is 18.5 Å². The van der Waals surface area contributed by atoms with E-state index >= 15 is 0 Å². The van der Waals surface area contributed by atoms with Crippen LogP contribution in [0.1, 0.15) is 36.8 Å². The fourth-order valence-electron chi connectivity index (χ4n) is 2.93. The van der Waals surface area contributed by atoms with Crippen molar-refractivity contribution in [3.63, 3.8) is 0 Å². The molecule has 110 valence electrons. The van der Waals surface area contributed by atoms with E-state index in [2.05, 4.69) is 11.0 Å². The van der Waals surface area contributed by atoms with E-state index in [0.717, 1.165) is 23.9 Å². The van der Waals surface area contributed by atoms with Crippen LogP contribution in [0, 0.1) is 17.2 Å². The van der Waals surface area contributed by atoms with E-state index in [-0.39, 0.29) is 0 Å². The van der Waals surface area contributed by atoms with E-state index in [1.165, 1.54) is 31.8 Å². The van der Waals surface area contributed by atoms with Gasteiger partial charge in [-0.05, 0) is 42.5 Å². The van der Waals surface area contributed by atoms with Gasteiger partial charge in [0, 0.05) is 19.7 Å². The third-order valence-corrected chi connectivity index (χ3v) is 3.98. The summed E-state index contributed by atoms with van der Waals surface area (Å²) in [6, 6.07) is 7.69. The van der Waals surface area contributed by atoms with Gasteiger partial charge in [0.05, 0.1) is 11.3 Å². The van der Waals surface area contributed by atoms with E-state index in [9.17, 15) is 10.1 Å². The second-order valence-corrected chi connectivity index (χ2v) is 5.59. The highest BCUT2D eigenvalue weighted by Gasteiger charge is 2.18. The van der Waals surface area contributed by atoms with E-state index in [1.54, 1.807) is 6.07 Å². The number of hydrogen-bond donors (Lipinski definition) is 1. The SMILES string of the molecule is CN(CC1CCCC1)c1ccc(/C=C/C(=O)O)cc1C#N. The first-order valence-electron chi connectivity index (χ1n) is 7.26. The summed E-state index contributed by atoms with van der Waals surface area (Å²) in [5.74, 6) is -0.274. The van der Waals surface area contributed by atoms with Crippen LogP contribution in [0.15, 0.2) is 24.3 Å². The highest BCUT2D eigenvalue weighted by Crippen LogP contribution is 2.28. The lowest BCUT2D eigenvalue weighted by molar-refractivity contribution is -0.131. The van der Waals surface area contributed by atoms with Gasteiger partial charge in [-0.2, -0.15) is 5.26 Å². The summed E-state index contributed by atoms with van der Waals surface area (Å²) in [7, 11) is 2.02. The van der Waals surface area contributed by atoms with Crippen LogP contribution in [0.3, 0.4) is 0 Å². The maximum atomic E-state index is 10.5. The predicted octanol–water partition coefficient (Wildman–Crippen LogP) is 3.28. The second kappa shape index (κ2) is 6.94. The first kappa shape index (κ1) is 15.1. The number of carboxylic acids is 1. The lowest BCUT2D eigenvalue weighted by Crippen LogP contribution is -2.24. The summed E-state index contributed by atoms with van der Waals surface area (Å²) in [5.41, 5.74) is 2.23. The van der Waals surface area contributed by atoms with Gasteiger partial charge in [0.2, 0.25) is 0 Å². The first-order chi connectivity index (χ1) is 10.1. The topological polar surface area (TPSA) is 64.3 Å². The molecule has 1 aliphatic rings. The molecule has 4 nitrogen and oxygen atoms in total. The summed E-state index contributed by atoms with van der Waals surface area (Å²) in [6.45, 7) is 0.971. The molecule has 1 fully saturated rings. The molecule has 0 aliphatic heterocycles. The van der Waals surface area contributed by atoms with Crippen molar-refractivity contribution < 1.29 is 9.90 Å². The Bertz CT molecular complexity index is 581. The molecule has 0 spiro atoms. The average Bonchev–Trinajstić information content (AvgIpc) is 2.97. The molecular formula is C17H20N2O2. The van der Waals surface area contributed by atoms with Gasteiger partial charge in [0.15, 0.2) is 0 Å². The van der Waals surface area contributed by atoms with Crippen LogP contribution in [-0.4, -0.2) is 24.7 Å². The van der Waals surface area contributed by atoms with Gasteiger partial charge in [-0.15, -0.1) is 0 Å². The van der Waals surface area contributed by atoms with Crippen LogP contribution in [0.5, 0.6) is 0 Å². The van der Waals surface area contributed by atoms with Gasteiger partial charge >= 0.3 is 5.97 Å². The number of hydrogen-bond acceptors (Lipinski definition) is 3. The molecule has 0 radical (unpaired) electrons. The maximum Gasteiger partial charge on any atom is 0.328 e. The summed E-state index contributed by atoms with van der Waals surface area (Å²) < 4.78 is 0. The number of nitrogens with zero attached hydrogens (tertiary/aromatic N) is 2. The number of benzene rings is 1. The molecule has 0 amide bonds. The molecular weight excluding hydrogens is 264 g/mol. The Morgan fingerprint density at radius 3 is 2.81 bits per heavy atom. The number of nitriles is 1. The number of aliphatic carboxylic acids is 1. The van der Waals surface area contributed by atoms with Crippen LogP contribution in [-0.2, 0) is 4.79 Å². The zero-order valence-corrected chi connectivity index (χ0v) is 12.2. The first-order valence-corrected chi connectivity index (χ1v) is 7.26. The minimum atomic E-state index is -0.990. The normalized spacial score (nSPS) is 15.2. The van der Waals surface area contributed by atoms with Gasteiger partial charge in [0.1, 0.15) is 6.07 Å². The Labute approximate surface area is 125 Å². The molecule has 0 heterocycles. The van der Waals surface area contributed by atoms with E-state index in [1.807, 2.05) is 19.2 Å². The summed E-state index contributed by atoms with van der Waals surface area (Å²) in [4.78, 5) is 12.7. The van der Waals surface area contributed by atoms with Crippen LogP contribution >= 0.6 is 0 Å². The van der Waals surface area contributed by atoms with Crippen LogP contribution in [0.4, 0.5) is 5.69 Å². The Morgan fingerprint density at radius 1 is 1.48 bits per heavy atom. The van der Waals surface area contributed by atoms with E-state index in [4.69, 9.17) is 5.11 Å². The summed E-state index contributed by atoms with van der Waals surface area (Å²) >= 11 is 0. The fraction of sp³-hybridized carbons (Fsp3) is 0.412. The minimum Gasteiger partial charge on any atom is -0.478 e. The number of anilines is 1. The van der Waals surface area contributed by atoms with Crippen molar-refractivity contribution >= 4 is 17.7 Å². The Hall–Kier alpha value is -2.28. The monoisotopic (exact) mass is 284 g/mol. The van der Waals surface area contributed by atoms with Gasteiger partial charge < -0.3 is 10.0 Å². The number of rotatable bonds is 5. The highest BCUT2D eigenvalue weighted by molar-refractivity contribution is 5.85.